The van der Waals surface area contributed by atoms with E-state index in [-0.39, 0.29) is 32.7 Å². The lowest BCUT2D eigenvalue weighted by molar-refractivity contribution is 1.12. The molecule has 6 aromatic carbocycles. The third kappa shape index (κ3) is 4.09. The summed E-state index contributed by atoms with van der Waals surface area (Å²) in [6.45, 7) is 0. The van der Waals surface area contributed by atoms with Crippen molar-refractivity contribution in [1.29, 1.82) is 0 Å². The van der Waals surface area contributed by atoms with Gasteiger partial charge in [-0.15, -0.1) is 0 Å². The molecule has 0 spiro atoms. The van der Waals surface area contributed by atoms with Crippen molar-refractivity contribution < 1.29 is 23.3 Å². The minimum atomic E-state index is -0.788. The third-order valence-electron chi connectivity index (χ3n) is 9.10. The molecule has 0 aliphatic rings. The highest BCUT2D eigenvalue weighted by molar-refractivity contribution is 6.13. The van der Waals surface area contributed by atoms with Crippen LogP contribution in [0.1, 0.15) is 23.3 Å². The number of rotatable bonds is 4. The Balaban J connectivity index is 1.31. The van der Waals surface area contributed by atoms with E-state index in [1.165, 1.54) is 4.57 Å². The number of pyridine rings is 2. The Morgan fingerprint density at radius 3 is 1.94 bits per heavy atom. The highest BCUT2D eigenvalue weighted by atomic mass is 15.1. The molecule has 11 aromatic rings. The molecule has 0 fully saturated rings. The standard InChI is InChI=1S/C46H29N5/c1-3-11-30(12-4-1)31-19-22-36-37-16-9-25-47-45(37)51(44(36)27-31)34-21-24-43-40(29-34)38-17-10-26-48-46(38)50(43)33-20-23-42-39(28-33)35-15-7-8-18-41(35)49(42)32-13-5-2-6-14-32/h1-29H/i1D,3D,4D,9D,10D,11D,12D,16D,17D,19D,21D,22D,24D,25D,26D,27D,29D. The summed E-state index contributed by atoms with van der Waals surface area (Å²) >= 11 is 0. The van der Waals surface area contributed by atoms with Gasteiger partial charge in [-0.3, -0.25) is 9.13 Å². The van der Waals surface area contributed by atoms with Gasteiger partial charge in [0.05, 0.1) is 45.4 Å². The maximum Gasteiger partial charge on any atom is 0.145 e. The first-order valence-electron chi connectivity index (χ1n) is 24.4. The number of para-hydroxylation sites is 2. The number of aromatic nitrogens is 5. The Hall–Kier alpha value is -6.98. The van der Waals surface area contributed by atoms with Crippen LogP contribution in [0, 0.1) is 0 Å². The van der Waals surface area contributed by atoms with Gasteiger partial charge in [-0.05, 0) is 95.9 Å². The van der Waals surface area contributed by atoms with E-state index in [0.29, 0.717) is 5.69 Å². The summed E-state index contributed by atoms with van der Waals surface area (Å²) in [7, 11) is 0. The van der Waals surface area contributed by atoms with E-state index in [9.17, 15) is 8.22 Å². The Morgan fingerprint density at radius 2 is 1.12 bits per heavy atom. The van der Waals surface area contributed by atoms with E-state index in [1.54, 1.807) is 6.07 Å². The number of hydrogen-bond acceptors (Lipinski definition) is 2. The molecular formula is C46H29N5. The predicted octanol–water partition coefficient (Wildman–Crippen LogP) is 11.4. The quantitative estimate of drug-likeness (QED) is 0.187. The minimum Gasteiger partial charge on any atom is -0.309 e. The highest BCUT2D eigenvalue weighted by Crippen LogP contribution is 2.39. The molecule has 5 heterocycles. The van der Waals surface area contributed by atoms with Crippen molar-refractivity contribution in [1.82, 2.24) is 23.7 Å². The molecule has 0 N–H and O–H groups in total. The molecule has 11 rings (SSSR count). The zero-order valence-electron chi connectivity index (χ0n) is 43.2. The molecule has 0 saturated heterocycles. The zero-order chi connectivity index (χ0) is 48.3. The van der Waals surface area contributed by atoms with Gasteiger partial charge >= 0.3 is 0 Å². The Kier molecular flexibility index (Phi) is 3.41. The maximum atomic E-state index is 10.0. The van der Waals surface area contributed by atoms with Crippen LogP contribution < -0.4 is 0 Å². The second-order valence-corrected chi connectivity index (χ2v) is 11.8. The molecule has 0 aliphatic carbocycles. The normalized spacial score (nSPS) is 16.6. The number of benzene rings is 6. The van der Waals surface area contributed by atoms with Gasteiger partial charge in [0.25, 0.3) is 0 Å². The van der Waals surface area contributed by atoms with Gasteiger partial charge < -0.3 is 4.57 Å². The summed E-state index contributed by atoms with van der Waals surface area (Å²) in [5.74, 6) is 0. The molecule has 5 nitrogen and oxygen atoms in total. The first-order chi connectivity index (χ1) is 32.4. The molecule has 0 radical (unpaired) electrons. The molecule has 0 atom stereocenters. The Labute approximate surface area is 316 Å². The summed E-state index contributed by atoms with van der Waals surface area (Å²) in [6.07, 6.45) is -1.32. The van der Waals surface area contributed by atoms with E-state index >= 15 is 0 Å². The molecule has 0 aliphatic heterocycles. The molecule has 0 amide bonds. The van der Waals surface area contributed by atoms with Gasteiger partial charge in [0.15, 0.2) is 0 Å². The monoisotopic (exact) mass is 668 g/mol. The van der Waals surface area contributed by atoms with Crippen LogP contribution in [-0.4, -0.2) is 23.7 Å². The number of hydrogen-bond donors (Lipinski definition) is 0. The average molecular weight is 669 g/mol. The molecular weight excluding hydrogens is 623 g/mol. The SMILES string of the molecule is [2H]c1nc2c(c([2H])c1[2H])c1c([2H])c(-n3c4nc([2H])c([2H])c([2H])c4c4c([2H])c([2H])c(-c5c([2H])c([2H])c([2H])c([2H])c5[2H])c([2H])c43)c([2H])c([2H])c1n2-c1ccc2c(c1)c1ccccc1n2-c1ccccc1. The van der Waals surface area contributed by atoms with E-state index < -0.39 is 131 Å². The molecule has 5 heteroatoms. The lowest BCUT2D eigenvalue weighted by Crippen LogP contribution is -1.98. The van der Waals surface area contributed by atoms with Crippen LogP contribution in [0.3, 0.4) is 0 Å². The predicted molar refractivity (Wildman–Crippen MR) is 210 cm³/mol. The van der Waals surface area contributed by atoms with Crippen LogP contribution in [0.25, 0.3) is 93.9 Å². The van der Waals surface area contributed by atoms with Crippen molar-refractivity contribution in [2.45, 2.75) is 0 Å². The van der Waals surface area contributed by atoms with Crippen LogP contribution in [0.2, 0.25) is 0 Å². The van der Waals surface area contributed by atoms with Crippen LogP contribution in [0.5, 0.6) is 0 Å². The van der Waals surface area contributed by atoms with E-state index in [0.717, 1.165) is 32.1 Å². The largest absolute Gasteiger partial charge is 0.309 e. The second-order valence-electron chi connectivity index (χ2n) is 11.8. The lowest BCUT2D eigenvalue weighted by Gasteiger charge is -2.11. The number of fused-ring (bicyclic) bond motifs is 9. The first-order valence-corrected chi connectivity index (χ1v) is 15.9. The Morgan fingerprint density at radius 1 is 0.392 bits per heavy atom. The van der Waals surface area contributed by atoms with Gasteiger partial charge in [0.1, 0.15) is 11.3 Å². The van der Waals surface area contributed by atoms with E-state index in [1.807, 2.05) is 66.7 Å². The van der Waals surface area contributed by atoms with Crippen molar-refractivity contribution >= 4 is 65.7 Å². The fourth-order valence-corrected chi connectivity index (χ4v) is 6.97. The van der Waals surface area contributed by atoms with Crippen LogP contribution >= 0.6 is 0 Å². The smallest absolute Gasteiger partial charge is 0.145 e. The van der Waals surface area contributed by atoms with Crippen LogP contribution in [0.15, 0.2) is 176 Å². The molecule has 5 aromatic heterocycles. The third-order valence-corrected chi connectivity index (χ3v) is 9.10. The summed E-state index contributed by atoms with van der Waals surface area (Å²) in [5.41, 5.74) is 0.183. The Bertz CT molecular complexity index is 4090. The van der Waals surface area contributed by atoms with Crippen LogP contribution in [-0.2, 0) is 0 Å². The van der Waals surface area contributed by atoms with Gasteiger partial charge in [0, 0.05) is 61.7 Å². The van der Waals surface area contributed by atoms with Crippen molar-refractivity contribution in [3.63, 3.8) is 0 Å². The second kappa shape index (κ2) is 10.8. The molecule has 51 heavy (non-hydrogen) atoms. The van der Waals surface area contributed by atoms with Crippen molar-refractivity contribution in [3.8, 4) is 28.2 Å². The molecule has 0 bridgehead atoms. The topological polar surface area (TPSA) is 40.6 Å². The summed E-state index contributed by atoms with van der Waals surface area (Å²) < 4.78 is 157. The molecule has 0 saturated carbocycles. The molecule has 0 unspecified atom stereocenters. The summed E-state index contributed by atoms with van der Waals surface area (Å²) in [6, 6.07) is 12.4. The van der Waals surface area contributed by atoms with Gasteiger partial charge in [-0.25, -0.2) is 9.97 Å². The molecule has 238 valence electrons. The highest BCUT2D eigenvalue weighted by Gasteiger charge is 2.19. The van der Waals surface area contributed by atoms with Crippen molar-refractivity contribution in [3.05, 3.63) is 176 Å². The maximum absolute atomic E-state index is 10.0. The average Bonchev–Trinajstić information content (AvgIpc) is 3.97. The summed E-state index contributed by atoms with van der Waals surface area (Å²) in [5, 5.41) is 0.627. The minimum absolute atomic E-state index is 0.0891. The fourth-order valence-electron chi connectivity index (χ4n) is 6.97. The van der Waals surface area contributed by atoms with Crippen molar-refractivity contribution in [2.24, 2.45) is 0 Å². The number of nitrogens with zero attached hydrogens (tertiary/aromatic N) is 5. The van der Waals surface area contributed by atoms with Gasteiger partial charge in [-0.2, -0.15) is 0 Å². The van der Waals surface area contributed by atoms with E-state index in [2.05, 4.69) is 14.5 Å². The van der Waals surface area contributed by atoms with Crippen LogP contribution in [0.4, 0.5) is 0 Å². The van der Waals surface area contributed by atoms with Gasteiger partial charge in [-0.1, -0.05) is 78.7 Å². The summed E-state index contributed by atoms with van der Waals surface area (Å²) in [4.78, 5) is 8.71. The first kappa shape index (κ1) is 16.2. The van der Waals surface area contributed by atoms with Crippen molar-refractivity contribution in [2.75, 3.05) is 0 Å². The lowest BCUT2D eigenvalue weighted by atomic mass is 10.0. The van der Waals surface area contributed by atoms with E-state index in [4.69, 9.17) is 15.1 Å². The van der Waals surface area contributed by atoms with Gasteiger partial charge in [0.2, 0.25) is 0 Å². The zero-order valence-corrected chi connectivity index (χ0v) is 26.2. The fraction of sp³-hybridized carbons (Fsp3) is 0.